The van der Waals surface area contributed by atoms with Gasteiger partial charge in [-0.05, 0) is 41.0 Å². The van der Waals surface area contributed by atoms with E-state index in [1.807, 2.05) is 54.6 Å². The van der Waals surface area contributed by atoms with E-state index in [2.05, 4.69) is 5.10 Å². The topological polar surface area (TPSA) is 70.0 Å². The molecule has 0 unspecified atom stereocenters. The summed E-state index contributed by atoms with van der Waals surface area (Å²) in [6.07, 6.45) is 1.66. The van der Waals surface area contributed by atoms with Crippen molar-refractivity contribution < 1.29 is 18.8 Å². The van der Waals surface area contributed by atoms with Gasteiger partial charge in [-0.25, -0.2) is 4.39 Å². The van der Waals surface area contributed by atoms with Gasteiger partial charge in [-0.1, -0.05) is 54.6 Å². The van der Waals surface area contributed by atoms with Crippen LogP contribution in [-0.2, 0) is 16.1 Å². The van der Waals surface area contributed by atoms with Crippen molar-refractivity contribution >= 4 is 23.8 Å². The molecular formula is C27H20FN3O3. The quantitative estimate of drug-likeness (QED) is 0.447. The average molecular weight is 453 g/mol. The molecule has 3 heterocycles. The number of halogens is 1. The first-order valence-corrected chi connectivity index (χ1v) is 11.1. The Morgan fingerprint density at radius 2 is 1.53 bits per heavy atom. The van der Waals surface area contributed by atoms with Crippen molar-refractivity contribution in [2.75, 3.05) is 0 Å². The fourth-order valence-corrected chi connectivity index (χ4v) is 5.44. The molecule has 7 heteroatoms. The maximum absolute atomic E-state index is 13.7. The van der Waals surface area contributed by atoms with E-state index in [-0.39, 0.29) is 29.7 Å². The van der Waals surface area contributed by atoms with Gasteiger partial charge in [0.15, 0.2) is 5.78 Å². The third-order valence-electron chi connectivity index (χ3n) is 6.97. The number of amides is 2. The monoisotopic (exact) mass is 453 g/mol. The first-order chi connectivity index (χ1) is 16.5. The highest BCUT2D eigenvalue weighted by atomic mass is 19.1. The lowest BCUT2D eigenvalue weighted by Crippen LogP contribution is -2.44. The van der Waals surface area contributed by atoms with E-state index in [4.69, 9.17) is 0 Å². The Bertz CT molecular complexity index is 1340. The molecule has 3 aliphatic rings. The fourth-order valence-electron chi connectivity index (χ4n) is 5.44. The lowest BCUT2D eigenvalue weighted by molar-refractivity contribution is -0.142. The van der Waals surface area contributed by atoms with Crippen molar-refractivity contribution in [3.63, 3.8) is 0 Å². The number of benzene rings is 3. The van der Waals surface area contributed by atoms with Crippen LogP contribution in [0.1, 0.15) is 33.1 Å². The molecule has 4 atom stereocenters. The molecule has 0 saturated carbocycles. The molecule has 2 saturated heterocycles. The Hall–Kier alpha value is -4.13. The molecule has 2 amide bonds. The first kappa shape index (κ1) is 20.5. The van der Waals surface area contributed by atoms with Gasteiger partial charge in [-0.2, -0.15) is 5.10 Å². The summed E-state index contributed by atoms with van der Waals surface area (Å²) < 4.78 is 13.5. The van der Waals surface area contributed by atoms with Gasteiger partial charge in [0.25, 0.3) is 0 Å². The largest absolute Gasteiger partial charge is 0.292 e. The third-order valence-corrected chi connectivity index (χ3v) is 6.97. The molecule has 0 bridgehead atoms. The number of ketones is 1. The summed E-state index contributed by atoms with van der Waals surface area (Å²) >= 11 is 0. The smallest absolute Gasteiger partial charge is 0.236 e. The highest BCUT2D eigenvalue weighted by molar-refractivity contribution is 6.12. The zero-order chi connectivity index (χ0) is 23.4. The molecule has 3 aromatic carbocycles. The number of Topliss-reactive ketones (excluding diaryl/α,β-unsaturated/α-hetero) is 1. The number of fused-ring (bicyclic) bond motifs is 5. The van der Waals surface area contributed by atoms with Crippen molar-refractivity contribution in [3.8, 4) is 0 Å². The fraction of sp³-hybridized carbons (Fsp3) is 0.185. The predicted octanol–water partition coefficient (Wildman–Crippen LogP) is 3.58. The molecule has 0 spiro atoms. The number of hydrogen-bond donors (Lipinski definition) is 0. The summed E-state index contributed by atoms with van der Waals surface area (Å²) in [7, 11) is 0. The molecule has 0 aromatic heterocycles. The van der Waals surface area contributed by atoms with E-state index in [9.17, 15) is 18.8 Å². The van der Waals surface area contributed by atoms with Crippen molar-refractivity contribution in [3.05, 3.63) is 107 Å². The number of nitrogens with zero attached hydrogens (tertiary/aromatic N) is 3. The molecule has 3 aliphatic heterocycles. The van der Waals surface area contributed by atoms with E-state index >= 15 is 0 Å². The average Bonchev–Trinajstić information content (AvgIpc) is 3.33. The molecule has 6 nitrogen and oxygen atoms in total. The summed E-state index contributed by atoms with van der Waals surface area (Å²) in [5.41, 5.74) is 2.84. The number of hydrazone groups is 1. The van der Waals surface area contributed by atoms with Gasteiger partial charge in [0.1, 0.15) is 11.9 Å². The van der Waals surface area contributed by atoms with E-state index in [0.29, 0.717) is 0 Å². The molecule has 0 N–H and O–H groups in total. The zero-order valence-electron chi connectivity index (χ0n) is 18.0. The van der Waals surface area contributed by atoms with E-state index in [0.717, 1.165) is 16.7 Å². The minimum atomic E-state index is -0.956. The summed E-state index contributed by atoms with van der Waals surface area (Å²) in [6, 6.07) is 20.7. The summed E-state index contributed by atoms with van der Waals surface area (Å²) in [4.78, 5) is 42.3. The van der Waals surface area contributed by atoms with Crippen LogP contribution >= 0.6 is 0 Å². The van der Waals surface area contributed by atoms with Gasteiger partial charge in [-0.3, -0.25) is 24.3 Å². The Labute approximate surface area is 195 Å². The number of hydrogen-bond acceptors (Lipinski definition) is 5. The predicted molar refractivity (Wildman–Crippen MR) is 122 cm³/mol. The van der Waals surface area contributed by atoms with Crippen LogP contribution in [-0.4, -0.2) is 39.8 Å². The van der Waals surface area contributed by atoms with Crippen LogP contribution in [0.25, 0.3) is 0 Å². The first-order valence-electron chi connectivity index (χ1n) is 11.1. The van der Waals surface area contributed by atoms with Crippen molar-refractivity contribution in [1.82, 2.24) is 9.91 Å². The summed E-state index contributed by atoms with van der Waals surface area (Å²) in [6.45, 7) is 0.153. The van der Waals surface area contributed by atoms with Gasteiger partial charge in [0.2, 0.25) is 11.8 Å². The van der Waals surface area contributed by atoms with E-state index < -0.39 is 29.7 Å². The van der Waals surface area contributed by atoms with Gasteiger partial charge >= 0.3 is 0 Å². The van der Waals surface area contributed by atoms with Gasteiger partial charge in [0, 0.05) is 5.56 Å². The van der Waals surface area contributed by atoms with Gasteiger partial charge in [-0.15, -0.1) is 0 Å². The lowest BCUT2D eigenvalue weighted by Gasteiger charge is -2.33. The number of carbonyl (C=O) groups excluding carboxylic acids is 3. The minimum Gasteiger partial charge on any atom is -0.292 e. The number of imide groups is 1. The number of likely N-dealkylation sites (tertiary alicyclic amines) is 1. The van der Waals surface area contributed by atoms with Crippen molar-refractivity contribution in [1.29, 1.82) is 0 Å². The van der Waals surface area contributed by atoms with Crippen LogP contribution in [0.3, 0.4) is 0 Å². The molecule has 6 rings (SSSR count). The van der Waals surface area contributed by atoms with E-state index in [1.54, 1.807) is 11.2 Å². The second-order valence-corrected chi connectivity index (χ2v) is 8.81. The molecular weight excluding hydrogens is 433 g/mol. The standard InChI is InChI=1S/C27H20FN3O3/c28-19-12-10-17(11-13-19)25(32)24-22-21(23-20-9-5-4-8-18(20)14-29-31(23)24)26(33)30(27(22)34)15-16-6-2-1-3-7-16/h1-14,21-24H,15H2/t21-,22+,23-,24-/m0/s1. The highest BCUT2D eigenvalue weighted by Gasteiger charge is 2.65. The number of carbonyl (C=O) groups is 3. The van der Waals surface area contributed by atoms with Crippen LogP contribution in [0.2, 0.25) is 0 Å². The van der Waals surface area contributed by atoms with Crippen LogP contribution in [0.5, 0.6) is 0 Å². The normalized spacial score (nSPS) is 24.7. The molecule has 0 aliphatic carbocycles. The molecule has 2 fully saturated rings. The third kappa shape index (κ3) is 3.00. The molecule has 0 radical (unpaired) electrons. The Morgan fingerprint density at radius 3 is 2.29 bits per heavy atom. The highest BCUT2D eigenvalue weighted by Crippen LogP contribution is 2.52. The van der Waals surface area contributed by atoms with Crippen LogP contribution in [0, 0.1) is 17.7 Å². The maximum Gasteiger partial charge on any atom is 0.236 e. The molecule has 168 valence electrons. The minimum absolute atomic E-state index is 0.153. The maximum atomic E-state index is 13.7. The van der Waals surface area contributed by atoms with Crippen LogP contribution in [0.4, 0.5) is 4.39 Å². The van der Waals surface area contributed by atoms with Crippen molar-refractivity contribution in [2.45, 2.75) is 18.6 Å². The van der Waals surface area contributed by atoms with E-state index in [1.165, 1.54) is 29.2 Å². The Balaban J connectivity index is 1.45. The Morgan fingerprint density at radius 1 is 0.853 bits per heavy atom. The lowest BCUT2D eigenvalue weighted by atomic mass is 9.83. The SMILES string of the molecule is O=C(c1ccc(F)cc1)[C@@H]1[C@@H]2C(=O)N(Cc3ccccc3)C(=O)[C@@H]2[C@@H]2c3ccccc3C=NN12. The molecule has 34 heavy (non-hydrogen) atoms. The second-order valence-electron chi connectivity index (χ2n) is 8.81. The second kappa shape index (κ2) is 7.73. The number of rotatable bonds is 4. The van der Waals surface area contributed by atoms with Gasteiger partial charge in [0.05, 0.1) is 30.6 Å². The van der Waals surface area contributed by atoms with Crippen LogP contribution in [0.15, 0.2) is 84.0 Å². The summed E-state index contributed by atoms with van der Waals surface area (Å²) in [5.74, 6) is -3.08. The zero-order valence-corrected chi connectivity index (χ0v) is 18.0. The van der Waals surface area contributed by atoms with Crippen LogP contribution < -0.4 is 0 Å². The van der Waals surface area contributed by atoms with Gasteiger partial charge < -0.3 is 0 Å². The van der Waals surface area contributed by atoms with Crippen molar-refractivity contribution in [2.24, 2.45) is 16.9 Å². The Kier molecular flexibility index (Phi) is 4.65. The molecule has 3 aromatic rings. The summed E-state index contributed by atoms with van der Waals surface area (Å²) in [5, 5.41) is 6.14.